The van der Waals surface area contributed by atoms with Crippen LogP contribution in [0.1, 0.15) is 29.9 Å². The van der Waals surface area contributed by atoms with Gasteiger partial charge in [-0.05, 0) is 45.6 Å². The van der Waals surface area contributed by atoms with Gasteiger partial charge in [-0.25, -0.2) is 9.97 Å². The minimum Gasteiger partial charge on any atom is -0.477 e. The highest BCUT2D eigenvalue weighted by molar-refractivity contribution is 5.43. The summed E-state index contributed by atoms with van der Waals surface area (Å²) in [6.45, 7) is 8.76. The topological polar surface area (TPSA) is 51.1 Å². The maximum atomic E-state index is 5.85. The van der Waals surface area contributed by atoms with E-state index in [9.17, 15) is 0 Å². The molecule has 0 unspecified atom stereocenters. The number of anilines is 1. The first-order valence-corrected chi connectivity index (χ1v) is 8.23. The third-order valence-electron chi connectivity index (χ3n) is 4.29. The maximum Gasteiger partial charge on any atom is 0.213 e. The molecule has 0 saturated carbocycles. The van der Waals surface area contributed by atoms with E-state index in [1.807, 2.05) is 45.2 Å². The fourth-order valence-electron chi connectivity index (χ4n) is 2.94. The molecular formula is C18H24N4O. The molecule has 0 aromatic carbocycles. The van der Waals surface area contributed by atoms with Gasteiger partial charge >= 0.3 is 0 Å². The van der Waals surface area contributed by atoms with E-state index in [1.165, 1.54) is 0 Å². The summed E-state index contributed by atoms with van der Waals surface area (Å²) in [7, 11) is 0. The zero-order chi connectivity index (χ0) is 16.2. The van der Waals surface area contributed by atoms with Crippen molar-refractivity contribution >= 4 is 5.82 Å². The lowest BCUT2D eigenvalue weighted by Gasteiger charge is -2.33. The van der Waals surface area contributed by atoms with Gasteiger partial charge in [0.2, 0.25) is 5.88 Å². The second-order valence-electron chi connectivity index (χ2n) is 6.28. The van der Waals surface area contributed by atoms with Crippen LogP contribution in [0.4, 0.5) is 5.82 Å². The Bertz CT molecular complexity index is 666. The molecule has 0 bridgehead atoms. The highest BCUT2D eigenvalue weighted by Gasteiger charge is 2.22. The van der Waals surface area contributed by atoms with Crippen molar-refractivity contribution in [3.8, 4) is 5.88 Å². The lowest BCUT2D eigenvalue weighted by Crippen LogP contribution is -2.36. The Morgan fingerprint density at radius 3 is 2.61 bits per heavy atom. The summed E-state index contributed by atoms with van der Waals surface area (Å²) in [5.74, 6) is 2.34. The minimum absolute atomic E-state index is 0.576. The fourth-order valence-corrected chi connectivity index (χ4v) is 2.94. The quantitative estimate of drug-likeness (QED) is 0.868. The van der Waals surface area contributed by atoms with Gasteiger partial charge in [-0.1, -0.05) is 6.07 Å². The molecule has 3 heterocycles. The van der Waals surface area contributed by atoms with E-state index in [4.69, 9.17) is 4.74 Å². The standard InChI is InChI=1S/C18H24N4O/c1-13-5-4-6-17(20-13)23-12-16-7-9-22(10-8-16)18-15(3)19-11-14(2)21-18/h4-6,11,16H,7-10,12H2,1-3H3. The smallest absolute Gasteiger partial charge is 0.213 e. The number of nitrogens with zero attached hydrogens (tertiary/aromatic N) is 4. The second-order valence-corrected chi connectivity index (χ2v) is 6.28. The van der Waals surface area contributed by atoms with Crippen LogP contribution in [0.2, 0.25) is 0 Å². The summed E-state index contributed by atoms with van der Waals surface area (Å²) < 4.78 is 5.85. The van der Waals surface area contributed by atoms with Crippen molar-refractivity contribution in [1.82, 2.24) is 15.0 Å². The number of ether oxygens (including phenoxy) is 1. The number of pyridine rings is 1. The Hall–Kier alpha value is -2.17. The molecule has 5 nitrogen and oxygen atoms in total. The van der Waals surface area contributed by atoms with Gasteiger partial charge in [0.25, 0.3) is 0 Å². The predicted octanol–water partition coefficient (Wildman–Crippen LogP) is 3.09. The van der Waals surface area contributed by atoms with Crippen molar-refractivity contribution in [2.24, 2.45) is 5.92 Å². The number of aryl methyl sites for hydroxylation is 3. The van der Waals surface area contributed by atoms with E-state index < -0.39 is 0 Å². The lowest BCUT2D eigenvalue weighted by molar-refractivity contribution is 0.215. The molecule has 0 amide bonds. The van der Waals surface area contributed by atoms with Gasteiger partial charge in [0.15, 0.2) is 0 Å². The summed E-state index contributed by atoms with van der Waals surface area (Å²) in [4.78, 5) is 15.8. The van der Waals surface area contributed by atoms with Gasteiger partial charge < -0.3 is 9.64 Å². The van der Waals surface area contributed by atoms with Crippen molar-refractivity contribution in [1.29, 1.82) is 0 Å². The summed E-state index contributed by atoms with van der Waals surface area (Å²) in [6, 6.07) is 5.89. The number of piperidine rings is 1. The number of hydrogen-bond acceptors (Lipinski definition) is 5. The molecule has 122 valence electrons. The Labute approximate surface area is 137 Å². The molecule has 1 aliphatic heterocycles. The summed E-state index contributed by atoms with van der Waals surface area (Å²) in [5.41, 5.74) is 2.97. The van der Waals surface area contributed by atoms with E-state index in [2.05, 4.69) is 19.9 Å². The Morgan fingerprint density at radius 1 is 1.09 bits per heavy atom. The molecule has 2 aromatic rings. The summed E-state index contributed by atoms with van der Waals surface area (Å²) >= 11 is 0. The minimum atomic E-state index is 0.576. The van der Waals surface area contributed by atoms with E-state index in [1.54, 1.807) is 0 Å². The van der Waals surface area contributed by atoms with Crippen molar-refractivity contribution in [2.45, 2.75) is 33.6 Å². The normalized spacial score (nSPS) is 15.7. The Balaban J connectivity index is 1.53. The Kier molecular flexibility index (Phi) is 4.74. The van der Waals surface area contributed by atoms with Crippen LogP contribution in [0.25, 0.3) is 0 Å². The van der Waals surface area contributed by atoms with Crippen molar-refractivity contribution in [3.05, 3.63) is 41.5 Å². The molecule has 1 saturated heterocycles. The second kappa shape index (κ2) is 6.94. The maximum absolute atomic E-state index is 5.85. The van der Waals surface area contributed by atoms with Crippen LogP contribution in [0.15, 0.2) is 24.4 Å². The van der Waals surface area contributed by atoms with Crippen molar-refractivity contribution in [3.63, 3.8) is 0 Å². The van der Waals surface area contributed by atoms with E-state index in [0.29, 0.717) is 5.92 Å². The average molecular weight is 312 g/mol. The largest absolute Gasteiger partial charge is 0.477 e. The lowest BCUT2D eigenvalue weighted by atomic mass is 9.98. The molecule has 5 heteroatoms. The van der Waals surface area contributed by atoms with Gasteiger partial charge in [-0.2, -0.15) is 0 Å². The van der Waals surface area contributed by atoms with Gasteiger partial charge in [-0.15, -0.1) is 0 Å². The van der Waals surface area contributed by atoms with Crippen LogP contribution in [-0.4, -0.2) is 34.6 Å². The third kappa shape index (κ3) is 3.97. The van der Waals surface area contributed by atoms with Gasteiger partial charge in [0.1, 0.15) is 5.82 Å². The molecule has 0 N–H and O–H groups in total. The zero-order valence-corrected chi connectivity index (χ0v) is 14.1. The summed E-state index contributed by atoms with van der Waals surface area (Å²) in [5, 5.41) is 0. The molecule has 3 rings (SSSR count). The first-order chi connectivity index (χ1) is 11.1. The zero-order valence-electron chi connectivity index (χ0n) is 14.1. The number of hydrogen-bond donors (Lipinski definition) is 0. The third-order valence-corrected chi connectivity index (χ3v) is 4.29. The molecule has 0 aliphatic carbocycles. The monoisotopic (exact) mass is 312 g/mol. The average Bonchev–Trinajstić information content (AvgIpc) is 2.56. The van der Waals surface area contributed by atoms with Crippen LogP contribution >= 0.6 is 0 Å². The number of rotatable bonds is 4. The molecule has 23 heavy (non-hydrogen) atoms. The highest BCUT2D eigenvalue weighted by Crippen LogP contribution is 2.24. The van der Waals surface area contributed by atoms with Crippen LogP contribution in [0, 0.1) is 26.7 Å². The Morgan fingerprint density at radius 2 is 1.87 bits per heavy atom. The van der Waals surface area contributed by atoms with Gasteiger partial charge in [0.05, 0.1) is 18.0 Å². The molecule has 0 spiro atoms. The first-order valence-electron chi connectivity index (χ1n) is 8.23. The van der Waals surface area contributed by atoms with Crippen molar-refractivity contribution < 1.29 is 4.74 Å². The van der Waals surface area contributed by atoms with E-state index in [-0.39, 0.29) is 0 Å². The molecule has 0 radical (unpaired) electrons. The van der Waals surface area contributed by atoms with E-state index in [0.717, 1.165) is 61.3 Å². The SMILES string of the molecule is Cc1cccc(OCC2CCN(c3nc(C)cnc3C)CC2)n1. The van der Waals surface area contributed by atoms with E-state index >= 15 is 0 Å². The molecule has 1 fully saturated rings. The first kappa shape index (κ1) is 15.7. The van der Waals surface area contributed by atoms with Gasteiger partial charge in [-0.3, -0.25) is 4.98 Å². The molecular weight excluding hydrogens is 288 g/mol. The molecule has 2 aromatic heterocycles. The molecule has 0 atom stereocenters. The predicted molar refractivity (Wildman–Crippen MR) is 90.9 cm³/mol. The highest BCUT2D eigenvalue weighted by atomic mass is 16.5. The van der Waals surface area contributed by atoms with Crippen molar-refractivity contribution in [2.75, 3.05) is 24.6 Å². The van der Waals surface area contributed by atoms with Crippen LogP contribution in [-0.2, 0) is 0 Å². The number of aromatic nitrogens is 3. The fraction of sp³-hybridized carbons (Fsp3) is 0.500. The molecule has 1 aliphatic rings. The van der Waals surface area contributed by atoms with Crippen LogP contribution < -0.4 is 9.64 Å². The van der Waals surface area contributed by atoms with Crippen LogP contribution in [0.3, 0.4) is 0 Å². The van der Waals surface area contributed by atoms with Crippen LogP contribution in [0.5, 0.6) is 5.88 Å². The summed E-state index contributed by atoms with van der Waals surface area (Å²) in [6.07, 6.45) is 4.05. The van der Waals surface area contributed by atoms with Gasteiger partial charge in [0, 0.05) is 31.0 Å².